The molecule has 152 valence electrons. The van der Waals surface area contributed by atoms with E-state index in [0.717, 1.165) is 18.4 Å². The highest BCUT2D eigenvalue weighted by molar-refractivity contribution is 5.76. The molecule has 0 bridgehead atoms. The van der Waals surface area contributed by atoms with Crippen LogP contribution in [0.4, 0.5) is 0 Å². The molecule has 0 fully saturated rings. The van der Waals surface area contributed by atoms with Gasteiger partial charge in [-0.15, -0.1) is 0 Å². The summed E-state index contributed by atoms with van der Waals surface area (Å²) >= 11 is 0. The predicted octanol–water partition coefficient (Wildman–Crippen LogP) is 7.90. The smallest absolute Gasteiger partial charge is 0.115 e. The Labute approximate surface area is 176 Å². The van der Waals surface area contributed by atoms with Gasteiger partial charge in [-0.25, -0.2) is 0 Å². The molecule has 0 spiro atoms. The van der Waals surface area contributed by atoms with Crippen molar-refractivity contribution in [3.63, 3.8) is 0 Å². The second-order valence-electron chi connectivity index (χ2n) is 7.97. The fourth-order valence-electron chi connectivity index (χ4n) is 3.97. The summed E-state index contributed by atoms with van der Waals surface area (Å²) in [6.45, 7) is 22.8. The van der Waals surface area contributed by atoms with E-state index in [-0.39, 0.29) is 5.76 Å². The van der Waals surface area contributed by atoms with Gasteiger partial charge in [-0.3, -0.25) is 0 Å². The lowest BCUT2D eigenvalue weighted by Gasteiger charge is -2.18. The van der Waals surface area contributed by atoms with Crippen molar-refractivity contribution >= 4 is 5.57 Å². The maximum Gasteiger partial charge on any atom is 0.115 e. The van der Waals surface area contributed by atoms with E-state index in [9.17, 15) is 5.11 Å². The minimum Gasteiger partial charge on any atom is -0.508 e. The Kier molecular flexibility index (Phi) is 7.45. The molecule has 0 aromatic heterocycles. The van der Waals surface area contributed by atoms with Crippen LogP contribution in [-0.4, -0.2) is 5.11 Å². The maximum absolute atomic E-state index is 9.91. The van der Waals surface area contributed by atoms with Gasteiger partial charge >= 0.3 is 0 Å². The number of hydrogen-bond donors (Lipinski definition) is 1. The molecule has 1 aliphatic rings. The highest BCUT2D eigenvalue weighted by atomic mass is 16.3. The lowest BCUT2D eigenvalue weighted by atomic mass is 9.86. The summed E-state index contributed by atoms with van der Waals surface area (Å²) in [5.74, 6) is 0.352. The maximum atomic E-state index is 9.91. The number of aliphatic hydroxyl groups excluding tert-OH is 1. The Morgan fingerprint density at radius 2 is 1.79 bits per heavy atom. The van der Waals surface area contributed by atoms with Crippen molar-refractivity contribution in [3.8, 4) is 0 Å². The lowest BCUT2D eigenvalue weighted by molar-refractivity contribution is 0.428. The molecule has 0 saturated carbocycles. The van der Waals surface area contributed by atoms with Gasteiger partial charge in [-0.1, -0.05) is 73.4 Å². The molecular weight excluding hydrogens is 352 g/mol. The highest BCUT2D eigenvalue weighted by Crippen LogP contribution is 2.40. The molecule has 1 aliphatic carbocycles. The summed E-state index contributed by atoms with van der Waals surface area (Å²) in [5, 5.41) is 9.91. The first-order valence-corrected chi connectivity index (χ1v) is 10.2. The molecular formula is C28H34O. The average molecular weight is 387 g/mol. The van der Waals surface area contributed by atoms with Gasteiger partial charge in [0.1, 0.15) is 5.76 Å². The number of allylic oxidation sites excluding steroid dienone is 9. The minimum atomic E-state index is 0.0464. The van der Waals surface area contributed by atoms with Crippen molar-refractivity contribution in [1.29, 1.82) is 0 Å². The van der Waals surface area contributed by atoms with E-state index in [1.54, 1.807) is 0 Å². The van der Waals surface area contributed by atoms with Crippen LogP contribution in [0.15, 0.2) is 90.3 Å². The first kappa shape index (κ1) is 22.5. The zero-order chi connectivity index (χ0) is 21.7. The molecule has 1 N–H and O–H groups in total. The Bertz CT molecular complexity index is 960. The molecule has 0 amide bonds. The molecule has 0 heterocycles. The van der Waals surface area contributed by atoms with Crippen LogP contribution >= 0.6 is 0 Å². The number of aliphatic hydroxyl groups is 1. The summed E-state index contributed by atoms with van der Waals surface area (Å²) in [5.41, 5.74) is 10.4. The van der Waals surface area contributed by atoms with Crippen LogP contribution in [0.2, 0.25) is 0 Å². The van der Waals surface area contributed by atoms with Crippen molar-refractivity contribution in [2.75, 3.05) is 0 Å². The second-order valence-corrected chi connectivity index (χ2v) is 7.97. The monoisotopic (exact) mass is 386 g/mol. The summed E-state index contributed by atoms with van der Waals surface area (Å²) in [7, 11) is 0. The van der Waals surface area contributed by atoms with Crippen LogP contribution in [0.3, 0.4) is 0 Å². The molecule has 0 radical (unpaired) electrons. The van der Waals surface area contributed by atoms with Crippen LogP contribution in [0.1, 0.15) is 49.4 Å². The van der Waals surface area contributed by atoms with Gasteiger partial charge in [0, 0.05) is 11.5 Å². The summed E-state index contributed by atoms with van der Waals surface area (Å²) in [6, 6.07) is 4.60. The van der Waals surface area contributed by atoms with Gasteiger partial charge in [0.05, 0.1) is 0 Å². The van der Waals surface area contributed by atoms with Crippen LogP contribution in [0.25, 0.3) is 5.57 Å². The first-order valence-electron chi connectivity index (χ1n) is 10.2. The molecule has 2 rings (SSSR count). The lowest BCUT2D eigenvalue weighted by Crippen LogP contribution is -2.07. The quantitative estimate of drug-likeness (QED) is 0.236. The van der Waals surface area contributed by atoms with E-state index in [2.05, 4.69) is 76.9 Å². The van der Waals surface area contributed by atoms with Gasteiger partial charge in [-0.2, -0.15) is 0 Å². The van der Waals surface area contributed by atoms with Crippen molar-refractivity contribution < 1.29 is 5.11 Å². The summed E-state index contributed by atoms with van der Waals surface area (Å²) in [6.07, 6.45) is 12.0. The normalized spacial score (nSPS) is 19.4. The topological polar surface area (TPSA) is 20.2 Å². The molecule has 1 aromatic rings. The third kappa shape index (κ3) is 5.17. The van der Waals surface area contributed by atoms with Gasteiger partial charge in [0.2, 0.25) is 0 Å². The number of benzene rings is 1. The summed E-state index contributed by atoms with van der Waals surface area (Å²) in [4.78, 5) is 0. The number of fused-ring (bicyclic) bond motifs is 1. The van der Waals surface area contributed by atoms with Gasteiger partial charge in [0.25, 0.3) is 0 Å². The fourth-order valence-corrected chi connectivity index (χ4v) is 3.97. The average Bonchev–Trinajstić information content (AvgIpc) is 2.77. The van der Waals surface area contributed by atoms with E-state index < -0.39 is 0 Å². The molecule has 1 heteroatoms. The molecule has 1 aromatic carbocycles. The molecule has 29 heavy (non-hydrogen) atoms. The van der Waals surface area contributed by atoms with Gasteiger partial charge < -0.3 is 5.11 Å². The van der Waals surface area contributed by atoms with E-state index in [1.165, 1.54) is 39.0 Å². The molecule has 1 nitrogen and oxygen atoms in total. The van der Waals surface area contributed by atoms with Crippen LogP contribution in [0.5, 0.6) is 0 Å². The number of hydrogen-bond acceptors (Lipinski definition) is 1. The summed E-state index contributed by atoms with van der Waals surface area (Å²) < 4.78 is 0. The van der Waals surface area contributed by atoms with Crippen molar-refractivity contribution in [2.45, 2.75) is 47.5 Å². The predicted molar refractivity (Wildman–Crippen MR) is 128 cm³/mol. The van der Waals surface area contributed by atoms with Crippen molar-refractivity contribution in [1.82, 2.24) is 0 Å². The van der Waals surface area contributed by atoms with E-state index in [1.807, 2.05) is 19.9 Å². The number of aryl methyl sites for hydroxylation is 2. The van der Waals surface area contributed by atoms with Gasteiger partial charge in [-0.05, 0) is 80.9 Å². The zero-order valence-corrected chi connectivity index (χ0v) is 18.6. The Hall–Kier alpha value is -2.80. The largest absolute Gasteiger partial charge is 0.508 e. The highest BCUT2D eigenvalue weighted by Gasteiger charge is 2.24. The molecule has 1 atom stereocenters. The van der Waals surface area contributed by atoms with E-state index in [4.69, 9.17) is 0 Å². The fraction of sp³-hybridized carbons (Fsp3) is 0.286. The Morgan fingerprint density at radius 3 is 2.38 bits per heavy atom. The van der Waals surface area contributed by atoms with Crippen molar-refractivity contribution in [3.05, 3.63) is 113 Å². The van der Waals surface area contributed by atoms with E-state index >= 15 is 0 Å². The van der Waals surface area contributed by atoms with Crippen molar-refractivity contribution in [2.24, 2.45) is 5.92 Å². The molecule has 1 unspecified atom stereocenters. The van der Waals surface area contributed by atoms with Crippen LogP contribution in [0, 0.1) is 19.8 Å². The van der Waals surface area contributed by atoms with E-state index in [0.29, 0.717) is 11.5 Å². The molecule has 0 aliphatic heterocycles. The Morgan fingerprint density at radius 1 is 1.14 bits per heavy atom. The number of rotatable bonds is 5. The SMILES string of the molecule is C=C(O)/C(=C/C)C(=C)/C=C1\CC(=C)C(/C(C)=C/C=C\C)Cc2cc(C)c(C)cc21. The minimum absolute atomic E-state index is 0.0464. The second kappa shape index (κ2) is 9.60. The zero-order valence-electron chi connectivity index (χ0n) is 18.6. The standard InChI is InChI=1S/C28H34O/c1-9-11-12-18(3)27-17-25-13-19(4)20(5)16-28(25)24(15-22(27)7)14-21(6)26(10-2)23(8)29/h9-14,16,27,29H,6-8,15,17H2,1-5H3/b11-9-,18-12+,24-14+,26-10+. The van der Waals surface area contributed by atoms with Gasteiger partial charge in [0.15, 0.2) is 0 Å². The van der Waals surface area contributed by atoms with Crippen LogP contribution in [-0.2, 0) is 6.42 Å². The molecule has 0 saturated heterocycles. The third-order valence-corrected chi connectivity index (χ3v) is 5.80. The third-order valence-electron chi connectivity index (χ3n) is 5.80. The first-order chi connectivity index (χ1) is 13.7. The van der Waals surface area contributed by atoms with Crippen LogP contribution < -0.4 is 0 Å². The Balaban J connectivity index is 2.62.